The van der Waals surface area contributed by atoms with Crippen molar-refractivity contribution < 1.29 is 13.6 Å². The molecular weight excluding hydrogens is 341 g/mol. The van der Waals surface area contributed by atoms with E-state index in [0.29, 0.717) is 11.5 Å². The van der Waals surface area contributed by atoms with Gasteiger partial charge in [0.05, 0.1) is 5.69 Å². The Balaban J connectivity index is 2.10. The van der Waals surface area contributed by atoms with Crippen molar-refractivity contribution in [2.24, 2.45) is 5.73 Å². The van der Waals surface area contributed by atoms with Gasteiger partial charge in [-0.3, -0.25) is 4.79 Å². The predicted molar refractivity (Wildman–Crippen MR) is 90.4 cm³/mol. The molecule has 0 atom stereocenters. The van der Waals surface area contributed by atoms with Crippen LogP contribution in [0.3, 0.4) is 0 Å². The summed E-state index contributed by atoms with van der Waals surface area (Å²) in [7, 11) is 0. The second-order valence-corrected chi connectivity index (χ2v) is 5.59. The maximum absolute atomic E-state index is 14.2. The van der Waals surface area contributed by atoms with E-state index >= 15 is 0 Å². The first-order valence-electron chi connectivity index (χ1n) is 7.60. The highest BCUT2D eigenvalue weighted by Gasteiger charge is 2.22. The number of rotatable bonds is 3. The van der Waals surface area contributed by atoms with Crippen molar-refractivity contribution in [1.29, 1.82) is 0 Å². The molecule has 26 heavy (non-hydrogen) atoms. The number of hydrogen-bond acceptors (Lipinski definition) is 5. The van der Waals surface area contributed by atoms with Crippen molar-refractivity contribution in [3.63, 3.8) is 0 Å². The van der Waals surface area contributed by atoms with E-state index in [4.69, 9.17) is 10.2 Å². The molecule has 9 heteroatoms. The number of hydrogen-bond donors (Lipinski definition) is 2. The Morgan fingerprint density at radius 1 is 1.23 bits per heavy atom. The number of halogens is 1. The van der Waals surface area contributed by atoms with Gasteiger partial charge in [-0.1, -0.05) is 12.1 Å². The molecule has 0 aliphatic heterocycles. The lowest BCUT2D eigenvalue weighted by atomic mass is 10.3. The van der Waals surface area contributed by atoms with Gasteiger partial charge in [0, 0.05) is 0 Å². The second-order valence-electron chi connectivity index (χ2n) is 5.59. The van der Waals surface area contributed by atoms with Crippen molar-refractivity contribution in [3.8, 4) is 17.3 Å². The first-order valence-corrected chi connectivity index (χ1v) is 7.60. The van der Waals surface area contributed by atoms with Gasteiger partial charge in [0.2, 0.25) is 0 Å². The van der Waals surface area contributed by atoms with Crippen LogP contribution in [-0.2, 0) is 0 Å². The van der Waals surface area contributed by atoms with Crippen LogP contribution in [0.5, 0.6) is 0 Å². The number of aryl methyl sites for hydroxylation is 1. The molecule has 0 aliphatic rings. The highest BCUT2D eigenvalue weighted by Crippen LogP contribution is 2.24. The van der Waals surface area contributed by atoms with Gasteiger partial charge in [-0.15, -0.1) is 0 Å². The van der Waals surface area contributed by atoms with Crippen LogP contribution in [0.15, 0.2) is 45.6 Å². The van der Waals surface area contributed by atoms with E-state index in [1.165, 1.54) is 18.2 Å². The smallest absolute Gasteiger partial charge is 0.332 e. The number of fused-ring (bicyclic) bond motifs is 1. The van der Waals surface area contributed by atoms with Crippen molar-refractivity contribution in [2.75, 3.05) is 0 Å². The number of carbonyl (C=O) groups excluding carboxylic acids is 1. The Morgan fingerprint density at radius 2 is 2.00 bits per heavy atom. The summed E-state index contributed by atoms with van der Waals surface area (Å²) < 4.78 is 20.7. The number of nitrogens with zero attached hydrogens (tertiary/aromatic N) is 3. The number of imidazole rings is 1. The zero-order chi connectivity index (χ0) is 18.4. The molecule has 1 aromatic carbocycles. The number of benzene rings is 1. The van der Waals surface area contributed by atoms with Gasteiger partial charge in [-0.2, -0.15) is 0 Å². The van der Waals surface area contributed by atoms with Crippen LogP contribution >= 0.6 is 0 Å². The number of primary amides is 1. The summed E-state index contributed by atoms with van der Waals surface area (Å²) in [5.41, 5.74) is 4.57. The van der Waals surface area contributed by atoms with E-state index in [1.807, 2.05) is 0 Å². The minimum absolute atomic E-state index is 0.0144. The molecule has 8 nitrogen and oxygen atoms in total. The number of aromatic nitrogens is 4. The molecule has 1 amide bonds. The van der Waals surface area contributed by atoms with Gasteiger partial charge in [0.1, 0.15) is 17.1 Å². The highest BCUT2D eigenvalue weighted by molar-refractivity contribution is 6.02. The van der Waals surface area contributed by atoms with Crippen molar-refractivity contribution in [1.82, 2.24) is 19.5 Å². The molecule has 0 saturated heterocycles. The maximum atomic E-state index is 14.2. The van der Waals surface area contributed by atoms with E-state index in [-0.39, 0.29) is 28.4 Å². The van der Waals surface area contributed by atoms with Crippen LogP contribution in [0.4, 0.5) is 4.39 Å². The quantitative estimate of drug-likeness (QED) is 0.583. The minimum atomic E-state index is -0.858. The third-order valence-electron chi connectivity index (χ3n) is 3.82. The molecule has 0 fully saturated rings. The van der Waals surface area contributed by atoms with Crippen LogP contribution in [0.1, 0.15) is 16.2 Å². The fourth-order valence-corrected chi connectivity index (χ4v) is 2.68. The zero-order valence-electron chi connectivity index (χ0n) is 13.5. The van der Waals surface area contributed by atoms with E-state index in [1.54, 1.807) is 25.1 Å². The molecule has 4 rings (SSSR count). The van der Waals surface area contributed by atoms with E-state index < -0.39 is 17.4 Å². The maximum Gasteiger partial charge on any atom is 0.332 e. The van der Waals surface area contributed by atoms with Crippen LogP contribution in [-0.4, -0.2) is 25.4 Å². The van der Waals surface area contributed by atoms with Crippen LogP contribution in [0.2, 0.25) is 0 Å². The number of nitrogens with two attached hydrogens (primary N) is 1. The van der Waals surface area contributed by atoms with Gasteiger partial charge >= 0.3 is 5.69 Å². The summed E-state index contributed by atoms with van der Waals surface area (Å²) in [4.78, 5) is 35.1. The van der Waals surface area contributed by atoms with Gasteiger partial charge in [0.15, 0.2) is 22.9 Å². The zero-order valence-corrected chi connectivity index (χ0v) is 13.5. The standard InChI is InChI=1S/C17H12FN5O3/c1-8-6-7-11(26-8)15-20-12(14(19)24)13-16(22-15)23(17(25)21-13)10-5-3-2-4-9(10)18/h2-7H,1H3,(H2,19,24)(H,21,25). The van der Waals surface area contributed by atoms with Crippen molar-refractivity contribution in [3.05, 3.63) is 64.2 Å². The fraction of sp³-hybridized carbons (Fsp3) is 0.0588. The SMILES string of the molecule is Cc1ccc(-c2nc(C(N)=O)c3[nH]c(=O)n(-c4ccccc4F)c3n2)o1. The number of furan rings is 1. The molecule has 130 valence electrons. The Bertz CT molecular complexity index is 1220. The summed E-state index contributed by atoms with van der Waals surface area (Å²) in [6, 6.07) is 9.05. The summed E-state index contributed by atoms with van der Waals surface area (Å²) in [6.07, 6.45) is 0. The van der Waals surface area contributed by atoms with E-state index in [2.05, 4.69) is 15.0 Å². The minimum Gasteiger partial charge on any atom is -0.458 e. The third kappa shape index (κ3) is 2.37. The van der Waals surface area contributed by atoms with Gasteiger partial charge in [-0.25, -0.2) is 23.7 Å². The largest absolute Gasteiger partial charge is 0.458 e. The summed E-state index contributed by atoms with van der Waals surface area (Å²) in [5, 5.41) is 0. The number of para-hydroxylation sites is 1. The predicted octanol–water partition coefficient (Wildman–Crippen LogP) is 1.92. The summed E-state index contributed by atoms with van der Waals surface area (Å²) in [6.45, 7) is 1.74. The molecule has 3 aromatic heterocycles. The molecule has 3 N–H and O–H groups in total. The molecule has 0 radical (unpaired) electrons. The average Bonchev–Trinajstić information content (AvgIpc) is 3.17. The van der Waals surface area contributed by atoms with Crippen LogP contribution in [0.25, 0.3) is 28.4 Å². The summed E-state index contributed by atoms with van der Waals surface area (Å²) in [5.74, 6) is -0.511. The Hall–Kier alpha value is -3.75. The Kier molecular flexibility index (Phi) is 3.43. The highest BCUT2D eigenvalue weighted by atomic mass is 19.1. The number of aromatic amines is 1. The third-order valence-corrected chi connectivity index (χ3v) is 3.82. The number of nitrogens with one attached hydrogen (secondary N) is 1. The number of carbonyl (C=O) groups is 1. The lowest BCUT2D eigenvalue weighted by Gasteiger charge is -2.06. The molecule has 0 saturated carbocycles. The van der Waals surface area contributed by atoms with Gasteiger partial charge in [0.25, 0.3) is 5.91 Å². The normalized spacial score (nSPS) is 11.2. The Morgan fingerprint density at radius 3 is 2.65 bits per heavy atom. The van der Waals surface area contributed by atoms with Crippen LogP contribution < -0.4 is 11.4 Å². The average molecular weight is 353 g/mol. The first-order chi connectivity index (χ1) is 12.5. The van der Waals surface area contributed by atoms with Crippen LogP contribution in [0, 0.1) is 12.7 Å². The van der Waals surface area contributed by atoms with E-state index in [0.717, 1.165) is 4.57 Å². The summed E-state index contributed by atoms with van der Waals surface area (Å²) >= 11 is 0. The van der Waals surface area contributed by atoms with Crippen molar-refractivity contribution in [2.45, 2.75) is 6.92 Å². The molecule has 0 bridgehead atoms. The second kappa shape index (κ2) is 5.66. The molecule has 3 heterocycles. The van der Waals surface area contributed by atoms with Gasteiger partial charge in [-0.05, 0) is 31.2 Å². The fourth-order valence-electron chi connectivity index (χ4n) is 2.68. The first kappa shape index (κ1) is 15.8. The molecular formula is C17H12FN5O3. The topological polar surface area (TPSA) is 120 Å². The molecule has 0 aliphatic carbocycles. The number of H-pyrrole nitrogens is 1. The molecule has 0 spiro atoms. The monoisotopic (exact) mass is 353 g/mol. The molecule has 4 aromatic rings. The van der Waals surface area contributed by atoms with Crippen molar-refractivity contribution >= 4 is 17.1 Å². The Labute approximate surface area is 145 Å². The van der Waals surface area contributed by atoms with E-state index in [9.17, 15) is 14.0 Å². The molecule has 0 unspecified atom stereocenters. The lowest BCUT2D eigenvalue weighted by Crippen LogP contribution is -2.16. The van der Waals surface area contributed by atoms with Gasteiger partial charge < -0.3 is 15.1 Å². The lowest BCUT2D eigenvalue weighted by molar-refractivity contribution is 0.0997. The number of amides is 1.